The number of para-hydroxylation sites is 2. The number of benzene rings is 1. The minimum Gasteiger partial charge on any atom is -0.485 e. The Labute approximate surface area is 245 Å². The molecular weight excluding hydrogens is 539 g/mol. The predicted molar refractivity (Wildman–Crippen MR) is 158 cm³/mol. The quantitative estimate of drug-likeness (QED) is 0.507. The highest BCUT2D eigenvalue weighted by molar-refractivity contribution is 6.00. The lowest BCUT2D eigenvalue weighted by Gasteiger charge is -2.52. The van der Waals surface area contributed by atoms with Crippen molar-refractivity contribution in [2.45, 2.75) is 94.4 Å². The number of nitrogens with zero attached hydrogens (tertiary/aromatic N) is 3. The van der Waals surface area contributed by atoms with Crippen LogP contribution in [0.3, 0.4) is 0 Å². The monoisotopic (exact) mass is 584 g/mol. The number of likely N-dealkylation sites (tertiary alicyclic amines) is 1. The standard InChI is InChI=1S/C29H44N4O4.2ClH/c1-3-4-16-33-26(34)23(19-28(36)12-8-5-9-13-28)30-27(35)29(33)14-17-32(18-15-29)21-22-20-31(2)24-10-6-7-11-25(24)37-22;;/h6-7,10-11,22-23,36H,3-5,8-9,12-21H2,1-2H3,(H,30,35);2*1H/t22?,23-;;/m1../s1. The van der Waals surface area contributed by atoms with E-state index >= 15 is 0 Å². The molecule has 0 aromatic heterocycles. The molecule has 1 saturated carbocycles. The Morgan fingerprint density at radius 3 is 2.44 bits per heavy atom. The van der Waals surface area contributed by atoms with E-state index in [1.54, 1.807) is 0 Å². The van der Waals surface area contributed by atoms with Crippen molar-refractivity contribution in [1.29, 1.82) is 0 Å². The zero-order chi connectivity index (χ0) is 26.0. The molecule has 3 fully saturated rings. The Morgan fingerprint density at radius 2 is 1.74 bits per heavy atom. The van der Waals surface area contributed by atoms with Gasteiger partial charge in [0.05, 0.1) is 17.8 Å². The Bertz CT molecular complexity index is 982. The van der Waals surface area contributed by atoms with Gasteiger partial charge in [-0.05, 0) is 44.2 Å². The van der Waals surface area contributed by atoms with Gasteiger partial charge in [-0.25, -0.2) is 0 Å². The summed E-state index contributed by atoms with van der Waals surface area (Å²) in [4.78, 5) is 34.0. The number of likely N-dealkylation sites (N-methyl/N-ethyl adjacent to an activating group) is 1. The van der Waals surface area contributed by atoms with Crippen molar-refractivity contribution in [3.05, 3.63) is 24.3 Å². The molecule has 2 atom stereocenters. The summed E-state index contributed by atoms with van der Waals surface area (Å²) in [5, 5.41) is 14.2. The molecule has 220 valence electrons. The van der Waals surface area contributed by atoms with Crippen LogP contribution in [0.1, 0.15) is 71.1 Å². The number of rotatable bonds is 7. The van der Waals surface area contributed by atoms with Crippen LogP contribution in [0.5, 0.6) is 5.75 Å². The van der Waals surface area contributed by atoms with Crippen LogP contribution in [0.15, 0.2) is 24.3 Å². The summed E-state index contributed by atoms with van der Waals surface area (Å²) >= 11 is 0. The van der Waals surface area contributed by atoms with E-state index in [2.05, 4.69) is 35.2 Å². The second kappa shape index (κ2) is 13.3. The van der Waals surface area contributed by atoms with Crippen LogP contribution in [-0.2, 0) is 9.59 Å². The third kappa shape index (κ3) is 6.61. The first-order valence-corrected chi connectivity index (χ1v) is 14.4. The van der Waals surface area contributed by atoms with Crippen LogP contribution in [0.4, 0.5) is 5.69 Å². The first-order chi connectivity index (χ1) is 17.8. The Balaban J connectivity index is 0.00000210. The molecule has 1 aromatic carbocycles. The minimum absolute atomic E-state index is 0. The van der Waals surface area contributed by atoms with Crippen molar-refractivity contribution in [1.82, 2.24) is 15.1 Å². The van der Waals surface area contributed by atoms with E-state index in [1.165, 1.54) is 0 Å². The molecule has 1 aromatic rings. The van der Waals surface area contributed by atoms with Gasteiger partial charge in [0.15, 0.2) is 0 Å². The third-order valence-electron chi connectivity index (χ3n) is 9.11. The summed E-state index contributed by atoms with van der Waals surface area (Å²) in [5.74, 6) is 0.882. The summed E-state index contributed by atoms with van der Waals surface area (Å²) in [6, 6.07) is 7.52. The maximum Gasteiger partial charge on any atom is 0.246 e. The second-order valence-electron chi connectivity index (χ2n) is 11.8. The van der Waals surface area contributed by atoms with Crippen molar-refractivity contribution < 1.29 is 19.4 Å². The summed E-state index contributed by atoms with van der Waals surface area (Å²) in [7, 11) is 2.10. The van der Waals surface area contributed by atoms with Gasteiger partial charge >= 0.3 is 0 Å². The lowest BCUT2D eigenvalue weighted by atomic mass is 9.77. The fourth-order valence-corrected chi connectivity index (χ4v) is 6.93. The fourth-order valence-electron chi connectivity index (χ4n) is 6.93. The summed E-state index contributed by atoms with van der Waals surface area (Å²) in [6.45, 7) is 5.85. The van der Waals surface area contributed by atoms with Gasteiger partial charge in [0.25, 0.3) is 0 Å². The molecule has 3 heterocycles. The first-order valence-electron chi connectivity index (χ1n) is 14.4. The van der Waals surface area contributed by atoms with Gasteiger partial charge in [0.2, 0.25) is 11.8 Å². The molecule has 1 aliphatic carbocycles. The maximum atomic E-state index is 13.8. The van der Waals surface area contributed by atoms with Crippen LogP contribution in [0, 0.1) is 0 Å². The molecule has 1 unspecified atom stereocenters. The number of piperazine rings is 1. The number of anilines is 1. The molecule has 3 aliphatic heterocycles. The number of fused-ring (bicyclic) bond motifs is 1. The summed E-state index contributed by atoms with van der Waals surface area (Å²) in [5.41, 5.74) is -0.513. The van der Waals surface area contributed by atoms with Crippen molar-refractivity contribution in [2.75, 3.05) is 44.7 Å². The molecule has 0 radical (unpaired) electrons. The molecule has 2 saturated heterocycles. The van der Waals surface area contributed by atoms with E-state index in [4.69, 9.17) is 4.74 Å². The number of carbonyl (C=O) groups is 2. The van der Waals surface area contributed by atoms with E-state index < -0.39 is 17.2 Å². The number of aliphatic hydroxyl groups is 1. The topological polar surface area (TPSA) is 85.4 Å². The molecule has 2 N–H and O–H groups in total. The molecule has 5 rings (SSSR count). The smallest absolute Gasteiger partial charge is 0.246 e. The molecule has 4 aliphatic rings. The molecule has 2 amide bonds. The maximum absolute atomic E-state index is 13.8. The Kier molecular flexibility index (Phi) is 10.8. The molecule has 1 spiro atoms. The number of unbranched alkanes of at least 4 members (excludes halogenated alkanes) is 1. The van der Waals surface area contributed by atoms with Gasteiger partial charge in [-0.2, -0.15) is 0 Å². The fraction of sp³-hybridized carbons (Fsp3) is 0.724. The first kappa shape index (κ1) is 31.8. The number of carbonyl (C=O) groups excluding carboxylic acids is 2. The van der Waals surface area contributed by atoms with Gasteiger partial charge in [-0.15, -0.1) is 24.8 Å². The van der Waals surface area contributed by atoms with Crippen LogP contribution in [-0.4, -0.2) is 89.8 Å². The van der Waals surface area contributed by atoms with E-state index in [9.17, 15) is 14.7 Å². The van der Waals surface area contributed by atoms with Crippen LogP contribution in [0.2, 0.25) is 0 Å². The SMILES string of the molecule is CCCCN1C(=O)[C@@H](CC2(O)CCCCC2)NC(=O)C12CCN(CC1CN(C)c3ccccc3O1)CC2.Cl.Cl. The highest BCUT2D eigenvalue weighted by Crippen LogP contribution is 2.38. The third-order valence-corrected chi connectivity index (χ3v) is 9.11. The number of amides is 2. The van der Waals surface area contributed by atoms with Gasteiger partial charge in [-0.1, -0.05) is 44.7 Å². The van der Waals surface area contributed by atoms with E-state index in [-0.39, 0.29) is 42.7 Å². The van der Waals surface area contributed by atoms with Gasteiger partial charge in [0, 0.05) is 39.6 Å². The van der Waals surface area contributed by atoms with E-state index in [1.807, 2.05) is 23.1 Å². The minimum atomic E-state index is -0.845. The highest BCUT2D eigenvalue weighted by Gasteiger charge is 2.54. The summed E-state index contributed by atoms with van der Waals surface area (Å²) < 4.78 is 6.30. The Hall–Kier alpha value is -1.74. The lowest BCUT2D eigenvalue weighted by molar-refractivity contribution is -0.163. The van der Waals surface area contributed by atoms with Gasteiger partial charge in [-0.3, -0.25) is 14.5 Å². The predicted octanol–water partition coefficient (Wildman–Crippen LogP) is 3.77. The van der Waals surface area contributed by atoms with Crippen molar-refractivity contribution in [2.24, 2.45) is 0 Å². The van der Waals surface area contributed by atoms with Gasteiger partial charge < -0.3 is 25.0 Å². The van der Waals surface area contributed by atoms with E-state index in [0.29, 0.717) is 38.6 Å². The second-order valence-corrected chi connectivity index (χ2v) is 11.8. The molecule has 10 heteroatoms. The van der Waals surface area contributed by atoms with Crippen LogP contribution < -0.4 is 15.0 Å². The normalized spacial score (nSPS) is 26.1. The van der Waals surface area contributed by atoms with Crippen molar-refractivity contribution >= 4 is 42.3 Å². The van der Waals surface area contributed by atoms with Crippen LogP contribution >= 0.6 is 24.8 Å². The summed E-state index contributed by atoms with van der Waals surface area (Å²) in [6.07, 6.45) is 8.02. The number of piperidine rings is 1. The lowest BCUT2D eigenvalue weighted by Crippen LogP contribution is -2.73. The zero-order valence-corrected chi connectivity index (χ0v) is 25.0. The largest absolute Gasteiger partial charge is 0.485 e. The van der Waals surface area contributed by atoms with Crippen molar-refractivity contribution in [3.63, 3.8) is 0 Å². The molecular formula is C29H46Cl2N4O4. The van der Waals surface area contributed by atoms with E-state index in [0.717, 1.165) is 69.7 Å². The molecule has 0 bridgehead atoms. The van der Waals surface area contributed by atoms with Crippen LogP contribution in [0.25, 0.3) is 0 Å². The average Bonchev–Trinajstić information content (AvgIpc) is 2.89. The van der Waals surface area contributed by atoms with Crippen molar-refractivity contribution in [3.8, 4) is 5.75 Å². The number of ether oxygens (including phenoxy) is 1. The number of halogens is 2. The molecule has 39 heavy (non-hydrogen) atoms. The Morgan fingerprint density at radius 1 is 1.05 bits per heavy atom. The van der Waals surface area contributed by atoms with Gasteiger partial charge in [0.1, 0.15) is 23.4 Å². The number of nitrogens with one attached hydrogen (secondary N) is 1. The average molecular weight is 586 g/mol. The molecule has 8 nitrogen and oxygen atoms in total. The number of hydrogen-bond donors (Lipinski definition) is 2. The zero-order valence-electron chi connectivity index (χ0n) is 23.4. The number of hydrogen-bond acceptors (Lipinski definition) is 6. The highest BCUT2D eigenvalue weighted by atomic mass is 35.5.